The SMILES string of the molecule is CC(C)C/C=C\c1cc2ccccc2c2ccccc12. The van der Waals surface area contributed by atoms with Gasteiger partial charge in [-0.05, 0) is 45.5 Å². The van der Waals surface area contributed by atoms with Gasteiger partial charge in [0.2, 0.25) is 0 Å². The Morgan fingerprint density at radius 3 is 2.25 bits per heavy atom. The molecule has 0 aliphatic rings. The van der Waals surface area contributed by atoms with Gasteiger partial charge in [-0.25, -0.2) is 0 Å². The summed E-state index contributed by atoms with van der Waals surface area (Å²) in [6.07, 6.45) is 5.69. The second-order valence-corrected chi connectivity index (χ2v) is 5.76. The molecule has 0 nitrogen and oxygen atoms in total. The van der Waals surface area contributed by atoms with Gasteiger partial charge in [-0.1, -0.05) is 74.5 Å². The fourth-order valence-corrected chi connectivity index (χ4v) is 2.69. The number of fused-ring (bicyclic) bond motifs is 3. The lowest BCUT2D eigenvalue weighted by atomic mass is 9.96. The monoisotopic (exact) mass is 260 g/mol. The van der Waals surface area contributed by atoms with Crippen molar-refractivity contribution in [3.63, 3.8) is 0 Å². The van der Waals surface area contributed by atoms with Gasteiger partial charge >= 0.3 is 0 Å². The summed E-state index contributed by atoms with van der Waals surface area (Å²) < 4.78 is 0. The van der Waals surface area contributed by atoms with E-state index in [1.54, 1.807) is 0 Å². The van der Waals surface area contributed by atoms with Gasteiger partial charge in [0, 0.05) is 0 Å². The maximum Gasteiger partial charge on any atom is -0.00994 e. The van der Waals surface area contributed by atoms with Gasteiger partial charge in [0.25, 0.3) is 0 Å². The molecule has 0 saturated heterocycles. The molecule has 0 heterocycles. The quantitative estimate of drug-likeness (QED) is 0.503. The molecule has 0 fully saturated rings. The minimum Gasteiger partial charge on any atom is -0.0837 e. The lowest BCUT2D eigenvalue weighted by Gasteiger charge is -2.08. The van der Waals surface area contributed by atoms with E-state index < -0.39 is 0 Å². The third kappa shape index (κ3) is 2.46. The van der Waals surface area contributed by atoms with E-state index in [2.05, 4.69) is 80.6 Å². The second kappa shape index (κ2) is 5.50. The molecule has 0 N–H and O–H groups in total. The molecule has 0 aliphatic carbocycles. The van der Waals surface area contributed by atoms with Crippen LogP contribution < -0.4 is 0 Å². The molecular weight excluding hydrogens is 240 g/mol. The number of hydrogen-bond acceptors (Lipinski definition) is 0. The first-order valence-corrected chi connectivity index (χ1v) is 7.33. The van der Waals surface area contributed by atoms with Crippen LogP contribution in [0.3, 0.4) is 0 Å². The Balaban J connectivity index is 2.21. The number of hydrogen-bond donors (Lipinski definition) is 0. The summed E-state index contributed by atoms with van der Waals surface area (Å²) in [7, 11) is 0. The van der Waals surface area contributed by atoms with Crippen LogP contribution in [-0.2, 0) is 0 Å². The summed E-state index contributed by atoms with van der Waals surface area (Å²) in [6.45, 7) is 4.51. The third-order valence-electron chi connectivity index (χ3n) is 3.70. The van der Waals surface area contributed by atoms with Crippen LogP contribution in [0.15, 0.2) is 60.7 Å². The average molecular weight is 260 g/mol. The van der Waals surface area contributed by atoms with Crippen LogP contribution in [0.1, 0.15) is 25.8 Å². The summed E-state index contributed by atoms with van der Waals surface area (Å²) in [5, 5.41) is 5.33. The van der Waals surface area contributed by atoms with E-state index in [1.807, 2.05) is 0 Å². The van der Waals surface area contributed by atoms with E-state index in [1.165, 1.54) is 27.1 Å². The summed E-state index contributed by atoms with van der Waals surface area (Å²) in [5.41, 5.74) is 1.32. The van der Waals surface area contributed by atoms with E-state index in [9.17, 15) is 0 Å². The number of benzene rings is 3. The first kappa shape index (κ1) is 12.9. The highest BCUT2D eigenvalue weighted by Crippen LogP contribution is 2.29. The largest absolute Gasteiger partial charge is 0.0837 e. The summed E-state index contributed by atoms with van der Waals surface area (Å²) in [5.74, 6) is 0.706. The highest BCUT2D eigenvalue weighted by atomic mass is 14.1. The predicted molar refractivity (Wildman–Crippen MR) is 89.9 cm³/mol. The van der Waals surface area contributed by atoms with Crippen molar-refractivity contribution in [2.45, 2.75) is 20.3 Å². The molecule has 20 heavy (non-hydrogen) atoms. The Morgan fingerprint density at radius 1 is 0.850 bits per heavy atom. The Morgan fingerprint density at radius 2 is 1.50 bits per heavy atom. The van der Waals surface area contributed by atoms with Gasteiger partial charge in [-0.2, -0.15) is 0 Å². The molecule has 3 rings (SSSR count). The van der Waals surface area contributed by atoms with Crippen LogP contribution in [0.4, 0.5) is 0 Å². The zero-order valence-electron chi connectivity index (χ0n) is 12.1. The van der Waals surface area contributed by atoms with Crippen molar-refractivity contribution in [2.24, 2.45) is 5.92 Å². The van der Waals surface area contributed by atoms with E-state index >= 15 is 0 Å². The summed E-state index contributed by atoms with van der Waals surface area (Å²) >= 11 is 0. The van der Waals surface area contributed by atoms with E-state index in [4.69, 9.17) is 0 Å². The maximum atomic E-state index is 2.30. The van der Waals surface area contributed by atoms with Crippen molar-refractivity contribution in [2.75, 3.05) is 0 Å². The van der Waals surface area contributed by atoms with Crippen LogP contribution in [0.2, 0.25) is 0 Å². The molecule has 0 aliphatic heterocycles. The van der Waals surface area contributed by atoms with Crippen molar-refractivity contribution in [1.82, 2.24) is 0 Å². The van der Waals surface area contributed by atoms with E-state index in [0.717, 1.165) is 6.42 Å². The molecule has 3 aromatic carbocycles. The molecule has 0 heteroatoms. The van der Waals surface area contributed by atoms with Gasteiger partial charge < -0.3 is 0 Å². The van der Waals surface area contributed by atoms with Gasteiger partial charge in [-0.3, -0.25) is 0 Å². The Hall–Kier alpha value is -2.08. The Kier molecular flexibility index (Phi) is 3.56. The summed E-state index contributed by atoms with van der Waals surface area (Å²) in [4.78, 5) is 0. The van der Waals surface area contributed by atoms with E-state index in [-0.39, 0.29) is 0 Å². The fourth-order valence-electron chi connectivity index (χ4n) is 2.69. The highest BCUT2D eigenvalue weighted by Gasteiger charge is 2.03. The smallest absolute Gasteiger partial charge is 0.00994 e. The van der Waals surface area contributed by atoms with Crippen molar-refractivity contribution >= 4 is 27.6 Å². The molecular formula is C20H20. The molecule has 0 radical (unpaired) electrons. The second-order valence-electron chi connectivity index (χ2n) is 5.76. The molecule has 0 unspecified atom stereocenters. The Bertz CT molecular complexity index is 763. The first-order valence-electron chi connectivity index (χ1n) is 7.33. The van der Waals surface area contributed by atoms with Crippen molar-refractivity contribution in [3.8, 4) is 0 Å². The zero-order valence-corrected chi connectivity index (χ0v) is 12.1. The topological polar surface area (TPSA) is 0 Å². The summed E-state index contributed by atoms with van der Waals surface area (Å²) in [6, 6.07) is 19.6. The molecule has 0 saturated carbocycles. The van der Waals surface area contributed by atoms with E-state index in [0.29, 0.717) is 5.92 Å². The van der Waals surface area contributed by atoms with Gasteiger partial charge in [0.1, 0.15) is 0 Å². The lowest BCUT2D eigenvalue weighted by molar-refractivity contribution is 0.665. The van der Waals surface area contributed by atoms with Gasteiger partial charge in [0.15, 0.2) is 0 Å². The third-order valence-corrected chi connectivity index (χ3v) is 3.70. The standard InChI is InChI=1S/C20H20/c1-15(2)8-7-10-17-14-16-9-3-4-11-18(16)20-13-6-5-12-19(17)20/h3-7,9-15H,8H2,1-2H3/b10-7-. The minimum absolute atomic E-state index is 0.706. The zero-order chi connectivity index (χ0) is 13.9. The minimum atomic E-state index is 0.706. The molecule has 0 bridgehead atoms. The Labute approximate surface area is 120 Å². The molecule has 0 atom stereocenters. The number of rotatable bonds is 3. The average Bonchev–Trinajstić information content (AvgIpc) is 2.47. The molecule has 0 spiro atoms. The fraction of sp³-hybridized carbons (Fsp3) is 0.200. The predicted octanol–water partition coefficient (Wildman–Crippen LogP) is 6.05. The van der Waals surface area contributed by atoms with Crippen molar-refractivity contribution in [3.05, 3.63) is 66.2 Å². The molecule has 0 aromatic heterocycles. The van der Waals surface area contributed by atoms with Gasteiger partial charge in [-0.15, -0.1) is 0 Å². The van der Waals surface area contributed by atoms with Crippen LogP contribution in [-0.4, -0.2) is 0 Å². The molecule has 3 aromatic rings. The number of allylic oxidation sites excluding steroid dienone is 1. The van der Waals surface area contributed by atoms with Crippen LogP contribution in [0.25, 0.3) is 27.6 Å². The lowest BCUT2D eigenvalue weighted by Crippen LogP contribution is -1.84. The highest BCUT2D eigenvalue weighted by molar-refractivity contribution is 6.10. The van der Waals surface area contributed by atoms with Crippen molar-refractivity contribution in [1.29, 1.82) is 0 Å². The van der Waals surface area contributed by atoms with Gasteiger partial charge in [0.05, 0.1) is 0 Å². The van der Waals surface area contributed by atoms with Crippen LogP contribution in [0.5, 0.6) is 0 Å². The first-order chi connectivity index (χ1) is 9.75. The normalized spacial score (nSPS) is 11.9. The maximum absolute atomic E-state index is 2.30. The van der Waals surface area contributed by atoms with Crippen LogP contribution >= 0.6 is 0 Å². The van der Waals surface area contributed by atoms with Crippen molar-refractivity contribution < 1.29 is 0 Å². The molecule has 0 amide bonds. The van der Waals surface area contributed by atoms with Crippen LogP contribution in [0, 0.1) is 5.92 Å². The molecule has 100 valence electrons.